The molecule has 2 nitrogen and oxygen atoms in total. The van der Waals surface area contributed by atoms with Crippen molar-refractivity contribution in [2.24, 2.45) is 5.92 Å². The standard InChI is InChI=1S/C10H16O2/c1-4-9(11)12-10(3)6-5-8(2)7-10/h4,8H,1,5-7H2,2-3H3. The average Bonchev–Trinajstić information content (AvgIpc) is 2.30. The largest absolute Gasteiger partial charge is 0.456 e. The highest BCUT2D eigenvalue weighted by atomic mass is 16.6. The number of hydrogen-bond donors (Lipinski definition) is 0. The maximum atomic E-state index is 10.9. The Balaban J connectivity index is 2.50. The average molecular weight is 168 g/mol. The summed E-state index contributed by atoms with van der Waals surface area (Å²) in [7, 11) is 0. The summed E-state index contributed by atoms with van der Waals surface area (Å²) in [5, 5.41) is 0. The van der Waals surface area contributed by atoms with Crippen LogP contribution in [0.3, 0.4) is 0 Å². The molecule has 1 aliphatic rings. The van der Waals surface area contributed by atoms with E-state index in [0.717, 1.165) is 19.3 Å². The number of rotatable bonds is 2. The topological polar surface area (TPSA) is 26.3 Å². The Morgan fingerprint density at radius 1 is 1.75 bits per heavy atom. The number of carbonyl (C=O) groups is 1. The van der Waals surface area contributed by atoms with Crippen LogP contribution in [0.25, 0.3) is 0 Å². The van der Waals surface area contributed by atoms with Crippen molar-refractivity contribution in [3.63, 3.8) is 0 Å². The first-order valence-corrected chi connectivity index (χ1v) is 4.41. The summed E-state index contributed by atoms with van der Waals surface area (Å²) < 4.78 is 5.26. The lowest BCUT2D eigenvalue weighted by Gasteiger charge is -2.23. The van der Waals surface area contributed by atoms with Gasteiger partial charge in [-0.1, -0.05) is 13.5 Å². The van der Waals surface area contributed by atoms with Gasteiger partial charge in [-0.15, -0.1) is 0 Å². The zero-order valence-electron chi connectivity index (χ0n) is 7.80. The summed E-state index contributed by atoms with van der Waals surface area (Å²) in [5.41, 5.74) is -0.231. The number of carbonyl (C=O) groups excluding carboxylic acids is 1. The van der Waals surface area contributed by atoms with Gasteiger partial charge in [0.2, 0.25) is 0 Å². The highest BCUT2D eigenvalue weighted by Gasteiger charge is 2.35. The summed E-state index contributed by atoms with van der Waals surface area (Å²) in [5.74, 6) is 0.374. The number of hydrogen-bond acceptors (Lipinski definition) is 2. The molecule has 0 aromatic heterocycles. The third-order valence-corrected chi connectivity index (χ3v) is 2.46. The van der Waals surface area contributed by atoms with Crippen molar-refractivity contribution in [2.45, 2.75) is 38.7 Å². The van der Waals surface area contributed by atoms with E-state index >= 15 is 0 Å². The van der Waals surface area contributed by atoms with Crippen molar-refractivity contribution in [3.05, 3.63) is 12.7 Å². The van der Waals surface area contributed by atoms with Crippen LogP contribution in [0, 0.1) is 5.92 Å². The van der Waals surface area contributed by atoms with Gasteiger partial charge in [0.15, 0.2) is 0 Å². The molecule has 12 heavy (non-hydrogen) atoms. The van der Waals surface area contributed by atoms with Crippen LogP contribution < -0.4 is 0 Å². The second kappa shape index (κ2) is 3.30. The van der Waals surface area contributed by atoms with Crippen molar-refractivity contribution < 1.29 is 9.53 Å². The first-order chi connectivity index (χ1) is 5.56. The van der Waals surface area contributed by atoms with E-state index < -0.39 is 0 Å². The second-order valence-electron chi connectivity index (χ2n) is 3.92. The lowest BCUT2D eigenvalue weighted by molar-refractivity contribution is -0.151. The summed E-state index contributed by atoms with van der Waals surface area (Å²) in [4.78, 5) is 10.9. The molecule has 0 heterocycles. The minimum Gasteiger partial charge on any atom is -0.456 e. The van der Waals surface area contributed by atoms with Crippen molar-refractivity contribution in [3.8, 4) is 0 Å². The van der Waals surface area contributed by atoms with E-state index in [9.17, 15) is 4.79 Å². The van der Waals surface area contributed by atoms with Gasteiger partial charge in [-0.05, 0) is 32.1 Å². The Labute approximate surface area is 73.6 Å². The molecule has 0 aromatic carbocycles. The lowest BCUT2D eigenvalue weighted by Crippen LogP contribution is -2.27. The highest BCUT2D eigenvalue weighted by molar-refractivity contribution is 5.81. The molecule has 0 radical (unpaired) electrons. The monoisotopic (exact) mass is 168 g/mol. The van der Waals surface area contributed by atoms with Crippen LogP contribution in [-0.4, -0.2) is 11.6 Å². The first kappa shape index (κ1) is 9.30. The molecule has 0 aromatic rings. The van der Waals surface area contributed by atoms with Crippen molar-refractivity contribution in [2.75, 3.05) is 0 Å². The maximum Gasteiger partial charge on any atom is 0.330 e. The van der Waals surface area contributed by atoms with Crippen LogP contribution in [-0.2, 0) is 9.53 Å². The Morgan fingerprint density at radius 2 is 2.42 bits per heavy atom. The minimum atomic E-state index is -0.299. The predicted octanol–water partition coefficient (Wildman–Crippen LogP) is 2.29. The van der Waals surface area contributed by atoms with E-state index in [2.05, 4.69) is 13.5 Å². The normalized spacial score (nSPS) is 34.7. The van der Waals surface area contributed by atoms with Crippen LogP contribution in [0.1, 0.15) is 33.1 Å². The van der Waals surface area contributed by atoms with E-state index in [1.807, 2.05) is 6.92 Å². The van der Waals surface area contributed by atoms with Crippen LogP contribution in [0.2, 0.25) is 0 Å². The zero-order chi connectivity index (χ0) is 9.19. The number of esters is 1. The van der Waals surface area contributed by atoms with Crippen molar-refractivity contribution in [1.29, 1.82) is 0 Å². The van der Waals surface area contributed by atoms with Crippen LogP contribution in [0.4, 0.5) is 0 Å². The molecule has 0 spiro atoms. The van der Waals surface area contributed by atoms with Gasteiger partial charge in [0, 0.05) is 6.08 Å². The molecule has 0 aliphatic heterocycles. The molecule has 0 N–H and O–H groups in total. The van der Waals surface area contributed by atoms with E-state index in [4.69, 9.17) is 4.74 Å². The fraction of sp³-hybridized carbons (Fsp3) is 0.700. The molecule has 0 amide bonds. The van der Waals surface area contributed by atoms with Gasteiger partial charge in [0.05, 0.1) is 0 Å². The van der Waals surface area contributed by atoms with E-state index in [1.54, 1.807) is 0 Å². The van der Waals surface area contributed by atoms with E-state index in [-0.39, 0.29) is 11.6 Å². The lowest BCUT2D eigenvalue weighted by atomic mass is 10.0. The Bertz CT molecular complexity index is 198. The Kier molecular flexibility index (Phi) is 2.55. The summed E-state index contributed by atoms with van der Waals surface area (Å²) in [6.45, 7) is 7.56. The molecule has 2 heteroatoms. The zero-order valence-corrected chi connectivity index (χ0v) is 7.80. The van der Waals surface area contributed by atoms with Gasteiger partial charge in [-0.25, -0.2) is 4.79 Å². The quantitative estimate of drug-likeness (QED) is 0.467. The fourth-order valence-electron chi connectivity index (χ4n) is 1.87. The minimum absolute atomic E-state index is 0.231. The van der Waals surface area contributed by atoms with Crippen LogP contribution in [0.5, 0.6) is 0 Å². The maximum absolute atomic E-state index is 10.9. The molecular formula is C10H16O2. The summed E-state index contributed by atoms with van der Waals surface area (Å²) >= 11 is 0. The second-order valence-corrected chi connectivity index (χ2v) is 3.92. The third kappa shape index (κ3) is 2.10. The molecule has 1 rings (SSSR count). The molecule has 0 saturated heterocycles. The Morgan fingerprint density at radius 3 is 2.83 bits per heavy atom. The Hall–Kier alpha value is -0.790. The molecule has 0 bridgehead atoms. The predicted molar refractivity (Wildman–Crippen MR) is 47.7 cm³/mol. The highest BCUT2D eigenvalue weighted by Crippen LogP contribution is 2.36. The smallest absolute Gasteiger partial charge is 0.330 e. The molecule has 68 valence electrons. The molecule has 1 aliphatic carbocycles. The molecular weight excluding hydrogens is 152 g/mol. The van der Waals surface area contributed by atoms with Gasteiger partial charge in [0.1, 0.15) is 5.60 Å². The summed E-state index contributed by atoms with van der Waals surface area (Å²) in [6.07, 6.45) is 4.34. The number of ether oxygens (including phenoxy) is 1. The van der Waals surface area contributed by atoms with Gasteiger partial charge in [0.25, 0.3) is 0 Å². The van der Waals surface area contributed by atoms with Crippen LogP contribution in [0.15, 0.2) is 12.7 Å². The van der Waals surface area contributed by atoms with E-state index in [1.165, 1.54) is 6.08 Å². The molecule has 2 unspecified atom stereocenters. The van der Waals surface area contributed by atoms with Crippen molar-refractivity contribution in [1.82, 2.24) is 0 Å². The van der Waals surface area contributed by atoms with Crippen LogP contribution >= 0.6 is 0 Å². The molecule has 1 fully saturated rings. The SMILES string of the molecule is C=CC(=O)OC1(C)CCC(C)C1. The summed E-state index contributed by atoms with van der Waals surface area (Å²) in [6, 6.07) is 0. The van der Waals surface area contributed by atoms with Gasteiger partial charge in [-0.2, -0.15) is 0 Å². The van der Waals surface area contributed by atoms with Gasteiger partial charge < -0.3 is 4.74 Å². The van der Waals surface area contributed by atoms with Gasteiger partial charge in [-0.3, -0.25) is 0 Å². The van der Waals surface area contributed by atoms with Crippen molar-refractivity contribution >= 4 is 5.97 Å². The molecule has 2 atom stereocenters. The fourth-order valence-corrected chi connectivity index (χ4v) is 1.87. The van der Waals surface area contributed by atoms with E-state index in [0.29, 0.717) is 5.92 Å². The molecule has 1 saturated carbocycles. The van der Waals surface area contributed by atoms with Gasteiger partial charge >= 0.3 is 5.97 Å². The first-order valence-electron chi connectivity index (χ1n) is 4.41. The third-order valence-electron chi connectivity index (χ3n) is 2.46.